The lowest BCUT2D eigenvalue weighted by atomic mass is 9.95. The second kappa shape index (κ2) is 9.09. The van der Waals surface area contributed by atoms with Gasteiger partial charge in [-0.3, -0.25) is 4.57 Å². The molecule has 3 aromatic heterocycles. The van der Waals surface area contributed by atoms with Gasteiger partial charge in [0.1, 0.15) is 13.5 Å². The van der Waals surface area contributed by atoms with Crippen molar-refractivity contribution in [1.82, 2.24) is 24.5 Å². The Morgan fingerprint density at radius 1 is 0.526 bits per heavy atom. The van der Waals surface area contributed by atoms with Crippen molar-refractivity contribution < 1.29 is 0 Å². The summed E-state index contributed by atoms with van der Waals surface area (Å²) in [6.45, 7) is 0. The molecule has 0 aliphatic heterocycles. The molecule has 0 atom stereocenters. The minimum Gasteiger partial charge on any atom is -0.294 e. The maximum Gasteiger partial charge on any atom is 0.164 e. The molecule has 7 rings (SSSR count). The van der Waals surface area contributed by atoms with E-state index in [2.05, 4.69) is 28.8 Å². The van der Waals surface area contributed by atoms with Crippen LogP contribution in [-0.2, 0) is 0 Å². The number of pyridine rings is 1. The molecule has 0 spiro atoms. The maximum atomic E-state index is 6.20. The molecule has 0 amide bonds. The van der Waals surface area contributed by atoms with Crippen molar-refractivity contribution in [3.8, 4) is 39.9 Å². The second-order valence-corrected chi connectivity index (χ2v) is 9.08. The molecule has 0 aliphatic carbocycles. The van der Waals surface area contributed by atoms with E-state index in [1.807, 2.05) is 97.2 Å². The second-order valence-electron chi connectivity index (χ2n) is 9.08. The van der Waals surface area contributed by atoms with Crippen LogP contribution >= 0.6 is 0 Å². The van der Waals surface area contributed by atoms with Crippen LogP contribution in [0.3, 0.4) is 0 Å². The van der Waals surface area contributed by atoms with Gasteiger partial charge in [-0.25, -0.2) is 19.9 Å². The summed E-state index contributed by atoms with van der Waals surface area (Å²) in [5, 5.41) is 2.18. The zero-order valence-corrected chi connectivity index (χ0v) is 20.4. The van der Waals surface area contributed by atoms with Crippen molar-refractivity contribution in [3.63, 3.8) is 0 Å². The molecule has 3 heterocycles. The first-order valence-corrected chi connectivity index (χ1v) is 12.4. The molecule has 7 aromatic rings. The van der Waals surface area contributed by atoms with E-state index < -0.39 is 0 Å². The maximum absolute atomic E-state index is 6.20. The Bertz CT molecular complexity index is 1870. The Hall–Kier alpha value is -5.10. The van der Waals surface area contributed by atoms with Crippen molar-refractivity contribution in [1.29, 1.82) is 0 Å². The third-order valence-electron chi connectivity index (χ3n) is 6.61. The van der Waals surface area contributed by atoms with Crippen LogP contribution in [0.25, 0.3) is 61.8 Å². The standard InChI is InChI=1S/C32H20BN5/c33-24-16-17-26-27-15-8-18-34-32(27)38(28(26)20-24)25-14-7-13-23(19-25)31-36-29(21-9-3-1-4-10-21)35-30(37-31)22-11-5-2-6-12-22/h1-20H. The molecule has 176 valence electrons. The molecule has 0 bridgehead atoms. The normalized spacial score (nSPS) is 11.3. The molecule has 0 aliphatic rings. The summed E-state index contributed by atoms with van der Waals surface area (Å²) in [4.78, 5) is 19.3. The predicted molar refractivity (Wildman–Crippen MR) is 154 cm³/mol. The number of benzene rings is 4. The highest BCUT2D eigenvalue weighted by atomic mass is 15.1. The van der Waals surface area contributed by atoms with Crippen LogP contribution in [0, 0.1) is 0 Å². The quantitative estimate of drug-likeness (QED) is 0.280. The first-order chi connectivity index (χ1) is 18.7. The smallest absolute Gasteiger partial charge is 0.164 e. The molecule has 5 nitrogen and oxygen atoms in total. The first-order valence-electron chi connectivity index (χ1n) is 12.4. The summed E-state index contributed by atoms with van der Waals surface area (Å²) < 4.78 is 2.14. The van der Waals surface area contributed by atoms with Gasteiger partial charge in [0.15, 0.2) is 17.5 Å². The van der Waals surface area contributed by atoms with E-state index >= 15 is 0 Å². The van der Waals surface area contributed by atoms with Crippen LogP contribution in [0.15, 0.2) is 121 Å². The van der Waals surface area contributed by atoms with Gasteiger partial charge in [-0.05, 0) is 30.3 Å². The number of rotatable bonds is 4. The average molecular weight is 485 g/mol. The fraction of sp³-hybridized carbons (Fsp3) is 0. The number of hydrogen-bond acceptors (Lipinski definition) is 4. The number of nitrogens with zero attached hydrogens (tertiary/aromatic N) is 5. The van der Waals surface area contributed by atoms with Crippen molar-refractivity contribution in [2.75, 3.05) is 0 Å². The van der Waals surface area contributed by atoms with Crippen LogP contribution in [0.5, 0.6) is 0 Å². The Kier molecular flexibility index (Phi) is 5.29. The lowest BCUT2D eigenvalue weighted by molar-refractivity contribution is 1.07. The van der Waals surface area contributed by atoms with Gasteiger partial charge in [0.2, 0.25) is 0 Å². The molecule has 0 saturated heterocycles. The van der Waals surface area contributed by atoms with Crippen molar-refractivity contribution in [2.45, 2.75) is 0 Å². The Balaban J connectivity index is 1.44. The van der Waals surface area contributed by atoms with Gasteiger partial charge < -0.3 is 0 Å². The average Bonchev–Trinajstić information content (AvgIpc) is 3.31. The highest BCUT2D eigenvalue weighted by molar-refractivity contribution is 6.33. The van der Waals surface area contributed by atoms with Gasteiger partial charge >= 0.3 is 0 Å². The lowest BCUT2D eigenvalue weighted by Gasteiger charge is -2.11. The van der Waals surface area contributed by atoms with Gasteiger partial charge in [0.25, 0.3) is 0 Å². The van der Waals surface area contributed by atoms with E-state index in [0.717, 1.165) is 44.3 Å². The van der Waals surface area contributed by atoms with E-state index in [1.54, 1.807) is 0 Å². The summed E-state index contributed by atoms with van der Waals surface area (Å²) in [5.74, 6) is 1.87. The summed E-state index contributed by atoms with van der Waals surface area (Å²) in [7, 11) is 6.20. The zero-order chi connectivity index (χ0) is 25.5. The van der Waals surface area contributed by atoms with E-state index in [4.69, 9.17) is 27.8 Å². The molecular formula is C32H20BN5. The first kappa shape index (κ1) is 22.1. The van der Waals surface area contributed by atoms with E-state index in [1.165, 1.54) is 0 Å². The molecule has 0 saturated carbocycles. The van der Waals surface area contributed by atoms with Gasteiger partial charge in [-0.15, -0.1) is 0 Å². The van der Waals surface area contributed by atoms with Crippen molar-refractivity contribution in [3.05, 3.63) is 121 Å². The number of fused-ring (bicyclic) bond motifs is 3. The number of hydrogen-bond donors (Lipinski definition) is 0. The van der Waals surface area contributed by atoms with Crippen LogP contribution in [0.2, 0.25) is 0 Å². The molecule has 38 heavy (non-hydrogen) atoms. The van der Waals surface area contributed by atoms with E-state index in [0.29, 0.717) is 22.9 Å². The summed E-state index contributed by atoms with van der Waals surface area (Å²) in [6.07, 6.45) is 1.81. The highest BCUT2D eigenvalue weighted by Gasteiger charge is 2.16. The molecule has 0 unspecified atom stereocenters. The highest BCUT2D eigenvalue weighted by Crippen LogP contribution is 2.32. The number of aromatic nitrogens is 5. The van der Waals surface area contributed by atoms with Crippen LogP contribution < -0.4 is 5.46 Å². The van der Waals surface area contributed by atoms with Crippen molar-refractivity contribution in [2.24, 2.45) is 0 Å². The Morgan fingerprint density at radius 3 is 1.84 bits per heavy atom. The molecule has 4 aromatic carbocycles. The summed E-state index contributed by atoms with van der Waals surface area (Å²) in [5.41, 5.74) is 6.29. The van der Waals surface area contributed by atoms with Gasteiger partial charge in [-0.1, -0.05) is 90.4 Å². The molecule has 0 fully saturated rings. The summed E-state index contributed by atoms with van der Waals surface area (Å²) in [6, 6.07) is 38.2. The van der Waals surface area contributed by atoms with E-state index in [9.17, 15) is 0 Å². The minimum absolute atomic E-state index is 0.604. The minimum atomic E-state index is 0.604. The van der Waals surface area contributed by atoms with Gasteiger partial charge in [-0.2, -0.15) is 0 Å². The third kappa shape index (κ3) is 3.83. The van der Waals surface area contributed by atoms with Crippen molar-refractivity contribution >= 4 is 35.2 Å². The summed E-state index contributed by atoms with van der Waals surface area (Å²) >= 11 is 0. The molecular weight excluding hydrogens is 465 g/mol. The predicted octanol–water partition coefficient (Wildman–Crippen LogP) is 6.16. The van der Waals surface area contributed by atoms with Gasteiger partial charge in [0.05, 0.1) is 5.52 Å². The van der Waals surface area contributed by atoms with Crippen LogP contribution in [-0.4, -0.2) is 32.3 Å². The topological polar surface area (TPSA) is 56.5 Å². The zero-order valence-electron chi connectivity index (χ0n) is 20.4. The monoisotopic (exact) mass is 485 g/mol. The van der Waals surface area contributed by atoms with Crippen LogP contribution in [0.1, 0.15) is 0 Å². The SMILES string of the molecule is [B]c1ccc2c3cccnc3n(-c3cccc(-c4nc(-c5ccccc5)nc(-c5ccccc5)n4)c3)c2c1. The van der Waals surface area contributed by atoms with Gasteiger partial charge in [0, 0.05) is 39.3 Å². The van der Waals surface area contributed by atoms with Crippen LogP contribution in [0.4, 0.5) is 0 Å². The molecule has 6 heteroatoms. The fourth-order valence-electron chi connectivity index (χ4n) is 4.84. The third-order valence-corrected chi connectivity index (χ3v) is 6.61. The Morgan fingerprint density at radius 2 is 1.16 bits per heavy atom. The fourth-order valence-corrected chi connectivity index (χ4v) is 4.84. The molecule has 0 N–H and O–H groups in total. The largest absolute Gasteiger partial charge is 0.294 e. The molecule has 2 radical (unpaired) electrons. The Labute approximate surface area is 220 Å². The lowest BCUT2D eigenvalue weighted by Crippen LogP contribution is -2.03. The van der Waals surface area contributed by atoms with E-state index in [-0.39, 0.29) is 0 Å².